The molecule has 0 aromatic heterocycles. The van der Waals surface area contributed by atoms with Crippen LogP contribution in [0, 0.1) is 0 Å². The Balaban J connectivity index is 2.14. The molecule has 17 heavy (non-hydrogen) atoms. The average molecular weight is 246 g/mol. The molecule has 1 atom stereocenters. The molecule has 1 unspecified atom stereocenters. The number of aryl methyl sites for hydroxylation is 1. The average Bonchev–Trinajstić information content (AvgIpc) is 2.27. The summed E-state index contributed by atoms with van der Waals surface area (Å²) >= 11 is 0. The lowest BCUT2D eigenvalue weighted by Gasteiger charge is -2.12. The van der Waals surface area contributed by atoms with Crippen LogP contribution >= 0.6 is 0 Å². The zero-order valence-corrected chi connectivity index (χ0v) is 9.58. The number of halogens is 3. The first kappa shape index (κ1) is 14.0. The van der Waals surface area contributed by atoms with E-state index in [0.717, 1.165) is 12.0 Å². The van der Waals surface area contributed by atoms with Crippen molar-refractivity contribution in [1.29, 1.82) is 0 Å². The van der Waals surface area contributed by atoms with E-state index in [1.807, 2.05) is 30.3 Å². The summed E-state index contributed by atoms with van der Waals surface area (Å²) < 4.78 is 35.7. The van der Waals surface area contributed by atoms with Crippen molar-refractivity contribution >= 4 is 0 Å². The van der Waals surface area contributed by atoms with Crippen LogP contribution in [0.25, 0.3) is 0 Å². The first-order valence-electron chi connectivity index (χ1n) is 5.76. The van der Waals surface area contributed by atoms with Gasteiger partial charge in [0, 0.05) is 6.42 Å². The lowest BCUT2D eigenvalue weighted by atomic mass is 10.0. The Morgan fingerprint density at radius 1 is 1.06 bits per heavy atom. The summed E-state index contributed by atoms with van der Waals surface area (Å²) in [5, 5.41) is 9.39. The second-order valence-corrected chi connectivity index (χ2v) is 4.19. The fourth-order valence-electron chi connectivity index (χ4n) is 1.66. The van der Waals surface area contributed by atoms with E-state index in [9.17, 15) is 18.3 Å². The molecule has 0 heterocycles. The molecule has 96 valence electrons. The van der Waals surface area contributed by atoms with E-state index in [1.165, 1.54) is 0 Å². The molecule has 0 saturated heterocycles. The van der Waals surface area contributed by atoms with Crippen LogP contribution in [0.1, 0.15) is 31.2 Å². The van der Waals surface area contributed by atoms with Crippen LogP contribution in [0.3, 0.4) is 0 Å². The molecule has 0 fully saturated rings. The van der Waals surface area contributed by atoms with Crippen LogP contribution in [-0.4, -0.2) is 17.4 Å². The number of benzene rings is 1. The molecule has 0 saturated carbocycles. The Morgan fingerprint density at radius 3 is 2.29 bits per heavy atom. The SMILES string of the molecule is OC(CCCc1ccccc1)CCC(F)(F)F. The largest absolute Gasteiger partial charge is 0.393 e. The van der Waals surface area contributed by atoms with E-state index in [4.69, 9.17) is 0 Å². The molecule has 1 aromatic carbocycles. The summed E-state index contributed by atoms with van der Waals surface area (Å²) in [6.45, 7) is 0. The summed E-state index contributed by atoms with van der Waals surface area (Å²) in [5.41, 5.74) is 1.15. The van der Waals surface area contributed by atoms with Gasteiger partial charge in [-0.15, -0.1) is 0 Å². The molecule has 1 nitrogen and oxygen atoms in total. The van der Waals surface area contributed by atoms with Gasteiger partial charge in [-0.3, -0.25) is 0 Å². The molecule has 0 aliphatic heterocycles. The summed E-state index contributed by atoms with van der Waals surface area (Å²) in [4.78, 5) is 0. The third kappa shape index (κ3) is 7.00. The highest BCUT2D eigenvalue weighted by atomic mass is 19.4. The maximum Gasteiger partial charge on any atom is 0.389 e. The fourth-order valence-corrected chi connectivity index (χ4v) is 1.66. The van der Waals surface area contributed by atoms with Crippen LogP contribution in [0.5, 0.6) is 0 Å². The highest BCUT2D eigenvalue weighted by Crippen LogP contribution is 2.23. The number of alkyl halides is 3. The lowest BCUT2D eigenvalue weighted by Crippen LogP contribution is -2.14. The molecular formula is C13H17F3O. The summed E-state index contributed by atoms with van der Waals surface area (Å²) in [6, 6.07) is 9.72. The van der Waals surface area contributed by atoms with Crippen LogP contribution in [0.15, 0.2) is 30.3 Å². The number of rotatable bonds is 6. The minimum absolute atomic E-state index is 0.196. The van der Waals surface area contributed by atoms with Crippen LogP contribution in [0.4, 0.5) is 13.2 Å². The van der Waals surface area contributed by atoms with Crippen molar-refractivity contribution in [3.8, 4) is 0 Å². The first-order chi connectivity index (χ1) is 7.97. The van der Waals surface area contributed by atoms with Gasteiger partial charge in [-0.05, 0) is 31.2 Å². The van der Waals surface area contributed by atoms with Gasteiger partial charge in [0.25, 0.3) is 0 Å². The fraction of sp³-hybridized carbons (Fsp3) is 0.538. The van der Waals surface area contributed by atoms with E-state index in [0.29, 0.717) is 12.8 Å². The predicted octanol–water partition coefficient (Wildman–Crippen LogP) is 3.71. The first-order valence-corrected chi connectivity index (χ1v) is 5.76. The Kier molecular flexibility index (Phi) is 5.48. The van der Waals surface area contributed by atoms with E-state index < -0.39 is 18.7 Å². The van der Waals surface area contributed by atoms with Crippen molar-refractivity contribution in [2.75, 3.05) is 0 Å². The molecule has 0 spiro atoms. The van der Waals surface area contributed by atoms with Gasteiger partial charge in [0.2, 0.25) is 0 Å². The highest BCUT2D eigenvalue weighted by molar-refractivity contribution is 5.14. The van der Waals surface area contributed by atoms with Crippen molar-refractivity contribution in [3.63, 3.8) is 0 Å². The smallest absolute Gasteiger partial charge is 0.389 e. The minimum atomic E-state index is -4.17. The van der Waals surface area contributed by atoms with E-state index in [1.54, 1.807) is 0 Å². The summed E-state index contributed by atoms with van der Waals surface area (Å²) in [5.74, 6) is 0. The second-order valence-electron chi connectivity index (χ2n) is 4.19. The highest BCUT2D eigenvalue weighted by Gasteiger charge is 2.27. The Morgan fingerprint density at radius 2 is 1.71 bits per heavy atom. The van der Waals surface area contributed by atoms with Crippen LogP contribution in [-0.2, 0) is 6.42 Å². The third-order valence-corrected chi connectivity index (χ3v) is 2.61. The molecule has 0 aliphatic carbocycles. The third-order valence-electron chi connectivity index (χ3n) is 2.61. The number of hydrogen-bond donors (Lipinski definition) is 1. The standard InChI is InChI=1S/C13H17F3O/c14-13(15,16)10-9-12(17)8-4-7-11-5-2-1-3-6-11/h1-3,5-6,12,17H,4,7-10H2. The van der Waals surface area contributed by atoms with Gasteiger partial charge in [-0.25, -0.2) is 0 Å². The molecule has 4 heteroatoms. The summed E-state index contributed by atoms with van der Waals surface area (Å²) in [7, 11) is 0. The Bertz CT molecular complexity index is 308. The molecule has 1 aromatic rings. The van der Waals surface area contributed by atoms with Crippen LogP contribution in [0.2, 0.25) is 0 Å². The van der Waals surface area contributed by atoms with Gasteiger partial charge in [0.05, 0.1) is 6.10 Å². The summed E-state index contributed by atoms with van der Waals surface area (Å²) in [6.07, 6.45) is -4.18. The van der Waals surface area contributed by atoms with Crippen molar-refractivity contribution in [2.24, 2.45) is 0 Å². The monoisotopic (exact) mass is 246 g/mol. The van der Waals surface area contributed by atoms with Crippen molar-refractivity contribution < 1.29 is 18.3 Å². The minimum Gasteiger partial charge on any atom is -0.393 e. The van der Waals surface area contributed by atoms with Gasteiger partial charge in [0.1, 0.15) is 0 Å². The van der Waals surface area contributed by atoms with E-state index in [-0.39, 0.29) is 6.42 Å². The van der Waals surface area contributed by atoms with Gasteiger partial charge >= 0.3 is 6.18 Å². The predicted molar refractivity (Wildman–Crippen MR) is 60.7 cm³/mol. The van der Waals surface area contributed by atoms with E-state index >= 15 is 0 Å². The number of hydrogen-bond acceptors (Lipinski definition) is 1. The molecule has 1 rings (SSSR count). The topological polar surface area (TPSA) is 20.2 Å². The van der Waals surface area contributed by atoms with Gasteiger partial charge in [-0.1, -0.05) is 30.3 Å². The second kappa shape index (κ2) is 6.64. The number of aliphatic hydroxyl groups is 1. The molecule has 0 aliphatic rings. The van der Waals surface area contributed by atoms with Gasteiger partial charge in [0.15, 0.2) is 0 Å². The van der Waals surface area contributed by atoms with Crippen molar-refractivity contribution in [2.45, 2.75) is 44.4 Å². The Labute approximate surface area is 99.3 Å². The molecule has 0 radical (unpaired) electrons. The zero-order chi connectivity index (χ0) is 12.7. The van der Waals surface area contributed by atoms with Gasteiger partial charge in [-0.2, -0.15) is 13.2 Å². The maximum absolute atomic E-state index is 11.9. The quantitative estimate of drug-likeness (QED) is 0.811. The molecule has 0 amide bonds. The van der Waals surface area contributed by atoms with Gasteiger partial charge < -0.3 is 5.11 Å². The van der Waals surface area contributed by atoms with Crippen molar-refractivity contribution in [3.05, 3.63) is 35.9 Å². The van der Waals surface area contributed by atoms with Crippen LogP contribution < -0.4 is 0 Å². The molecule has 0 bridgehead atoms. The Hall–Kier alpha value is -1.03. The normalized spacial score (nSPS) is 13.6. The lowest BCUT2D eigenvalue weighted by molar-refractivity contribution is -0.140. The zero-order valence-electron chi connectivity index (χ0n) is 9.58. The number of aliphatic hydroxyl groups excluding tert-OH is 1. The van der Waals surface area contributed by atoms with E-state index in [2.05, 4.69) is 0 Å². The van der Waals surface area contributed by atoms with Crippen molar-refractivity contribution in [1.82, 2.24) is 0 Å². The molecule has 1 N–H and O–H groups in total. The maximum atomic E-state index is 11.9. The molecular weight excluding hydrogens is 229 g/mol.